The van der Waals surface area contributed by atoms with Crippen molar-refractivity contribution in [2.45, 2.75) is 33.1 Å². The fourth-order valence-corrected chi connectivity index (χ4v) is 3.34. The zero-order valence-corrected chi connectivity index (χ0v) is 12.0. The minimum absolute atomic E-state index is 0.711. The SMILES string of the molecule is CC(C)C(CCN)CCc1nc2ccccc2s1. The van der Waals surface area contributed by atoms with Gasteiger partial charge in [-0.3, -0.25) is 0 Å². The molecule has 1 aromatic heterocycles. The van der Waals surface area contributed by atoms with Gasteiger partial charge in [0.15, 0.2) is 0 Å². The maximum Gasteiger partial charge on any atom is 0.0938 e. The Hall–Kier alpha value is -0.930. The Morgan fingerprint density at radius 1 is 1.22 bits per heavy atom. The van der Waals surface area contributed by atoms with Gasteiger partial charge in [0.2, 0.25) is 0 Å². The molecule has 0 bridgehead atoms. The van der Waals surface area contributed by atoms with Crippen LogP contribution < -0.4 is 5.73 Å². The monoisotopic (exact) mass is 262 g/mol. The van der Waals surface area contributed by atoms with Gasteiger partial charge in [0, 0.05) is 0 Å². The average Bonchev–Trinajstić information content (AvgIpc) is 2.76. The molecule has 0 amide bonds. The molecule has 1 aromatic carbocycles. The second kappa shape index (κ2) is 6.30. The van der Waals surface area contributed by atoms with Gasteiger partial charge in [-0.1, -0.05) is 26.0 Å². The lowest BCUT2D eigenvalue weighted by molar-refractivity contribution is 0.341. The highest BCUT2D eigenvalue weighted by atomic mass is 32.1. The van der Waals surface area contributed by atoms with E-state index in [0.29, 0.717) is 5.92 Å². The van der Waals surface area contributed by atoms with Gasteiger partial charge in [-0.25, -0.2) is 4.98 Å². The van der Waals surface area contributed by atoms with Gasteiger partial charge in [-0.15, -0.1) is 11.3 Å². The molecular weight excluding hydrogens is 240 g/mol. The van der Waals surface area contributed by atoms with Gasteiger partial charge in [0.1, 0.15) is 0 Å². The summed E-state index contributed by atoms with van der Waals surface area (Å²) in [5.41, 5.74) is 6.82. The molecular formula is C15H22N2S. The first-order valence-electron chi connectivity index (χ1n) is 6.75. The lowest BCUT2D eigenvalue weighted by atomic mass is 9.88. The van der Waals surface area contributed by atoms with E-state index in [4.69, 9.17) is 10.7 Å². The first kappa shape index (κ1) is 13.5. The number of thiazole rings is 1. The Morgan fingerprint density at radius 3 is 2.67 bits per heavy atom. The Labute approximate surface area is 113 Å². The van der Waals surface area contributed by atoms with E-state index in [2.05, 4.69) is 38.1 Å². The molecule has 3 heteroatoms. The van der Waals surface area contributed by atoms with Gasteiger partial charge in [-0.2, -0.15) is 0 Å². The van der Waals surface area contributed by atoms with Crippen molar-refractivity contribution in [2.24, 2.45) is 17.6 Å². The Kier molecular flexibility index (Phi) is 4.72. The van der Waals surface area contributed by atoms with Crippen LogP contribution in [0.3, 0.4) is 0 Å². The minimum Gasteiger partial charge on any atom is -0.330 e. The second-order valence-electron chi connectivity index (χ2n) is 5.20. The molecule has 98 valence electrons. The summed E-state index contributed by atoms with van der Waals surface area (Å²) in [4.78, 5) is 4.69. The van der Waals surface area contributed by atoms with Crippen LogP contribution >= 0.6 is 11.3 Å². The number of para-hydroxylation sites is 1. The molecule has 0 spiro atoms. The summed E-state index contributed by atoms with van der Waals surface area (Å²) < 4.78 is 1.30. The van der Waals surface area contributed by atoms with Crippen LogP contribution in [-0.4, -0.2) is 11.5 Å². The van der Waals surface area contributed by atoms with Crippen LogP contribution in [0.4, 0.5) is 0 Å². The van der Waals surface area contributed by atoms with Crippen molar-refractivity contribution in [3.63, 3.8) is 0 Å². The van der Waals surface area contributed by atoms with E-state index in [1.807, 2.05) is 11.3 Å². The van der Waals surface area contributed by atoms with E-state index in [1.165, 1.54) is 16.1 Å². The van der Waals surface area contributed by atoms with E-state index >= 15 is 0 Å². The van der Waals surface area contributed by atoms with Gasteiger partial charge in [-0.05, 0) is 49.8 Å². The standard InChI is InChI=1S/C15H22N2S/c1-11(2)12(9-10-16)7-8-15-17-13-5-3-4-6-14(13)18-15/h3-6,11-12H,7-10,16H2,1-2H3. The smallest absolute Gasteiger partial charge is 0.0938 e. The van der Waals surface area contributed by atoms with Crippen molar-refractivity contribution < 1.29 is 0 Å². The molecule has 2 aromatic rings. The van der Waals surface area contributed by atoms with E-state index in [1.54, 1.807) is 0 Å². The Morgan fingerprint density at radius 2 is 2.00 bits per heavy atom. The molecule has 0 aliphatic carbocycles. The third-order valence-electron chi connectivity index (χ3n) is 3.55. The lowest BCUT2D eigenvalue weighted by Gasteiger charge is -2.19. The highest BCUT2D eigenvalue weighted by molar-refractivity contribution is 7.18. The molecule has 0 saturated carbocycles. The van der Waals surface area contributed by atoms with Gasteiger partial charge < -0.3 is 5.73 Å². The van der Waals surface area contributed by atoms with E-state index in [0.717, 1.165) is 30.8 Å². The Balaban J connectivity index is 2.00. The van der Waals surface area contributed by atoms with Crippen molar-refractivity contribution in [3.05, 3.63) is 29.3 Å². The van der Waals surface area contributed by atoms with Crippen LogP contribution in [0.1, 0.15) is 31.7 Å². The number of hydrogen-bond acceptors (Lipinski definition) is 3. The summed E-state index contributed by atoms with van der Waals surface area (Å²) in [5, 5.41) is 1.26. The number of rotatable bonds is 6. The van der Waals surface area contributed by atoms with Crippen LogP contribution in [0.2, 0.25) is 0 Å². The molecule has 0 aliphatic heterocycles. The molecule has 0 fully saturated rings. The first-order valence-corrected chi connectivity index (χ1v) is 7.57. The fraction of sp³-hybridized carbons (Fsp3) is 0.533. The summed E-state index contributed by atoms with van der Waals surface area (Å²) in [6, 6.07) is 8.37. The highest BCUT2D eigenvalue weighted by Crippen LogP contribution is 2.26. The molecule has 1 unspecified atom stereocenters. The van der Waals surface area contributed by atoms with Crippen molar-refractivity contribution in [2.75, 3.05) is 6.54 Å². The van der Waals surface area contributed by atoms with Crippen molar-refractivity contribution >= 4 is 21.6 Å². The van der Waals surface area contributed by atoms with Gasteiger partial charge in [0.05, 0.1) is 15.2 Å². The van der Waals surface area contributed by atoms with Crippen LogP contribution in [0.15, 0.2) is 24.3 Å². The molecule has 0 radical (unpaired) electrons. The predicted octanol–water partition coefficient (Wildman–Crippen LogP) is 3.85. The molecule has 0 aliphatic rings. The summed E-state index contributed by atoms with van der Waals surface area (Å²) in [5.74, 6) is 1.44. The molecule has 1 heterocycles. The fourth-order valence-electron chi connectivity index (χ4n) is 2.36. The van der Waals surface area contributed by atoms with E-state index in [9.17, 15) is 0 Å². The number of nitrogens with zero attached hydrogens (tertiary/aromatic N) is 1. The second-order valence-corrected chi connectivity index (χ2v) is 6.31. The van der Waals surface area contributed by atoms with Gasteiger partial charge in [0.25, 0.3) is 0 Å². The van der Waals surface area contributed by atoms with E-state index < -0.39 is 0 Å². The number of aryl methyl sites for hydroxylation is 1. The summed E-state index contributed by atoms with van der Waals surface area (Å²) >= 11 is 1.83. The van der Waals surface area contributed by atoms with E-state index in [-0.39, 0.29) is 0 Å². The van der Waals surface area contributed by atoms with Crippen LogP contribution in [-0.2, 0) is 6.42 Å². The van der Waals surface area contributed by atoms with Crippen LogP contribution in [0.5, 0.6) is 0 Å². The van der Waals surface area contributed by atoms with Gasteiger partial charge >= 0.3 is 0 Å². The third-order valence-corrected chi connectivity index (χ3v) is 4.64. The first-order chi connectivity index (χ1) is 8.70. The zero-order valence-electron chi connectivity index (χ0n) is 11.2. The van der Waals surface area contributed by atoms with Crippen molar-refractivity contribution in [1.29, 1.82) is 0 Å². The largest absolute Gasteiger partial charge is 0.330 e. The lowest BCUT2D eigenvalue weighted by Crippen LogP contribution is -2.15. The topological polar surface area (TPSA) is 38.9 Å². The molecule has 2 rings (SSSR count). The third kappa shape index (κ3) is 3.30. The number of aromatic nitrogens is 1. The molecule has 2 N–H and O–H groups in total. The summed E-state index contributed by atoms with van der Waals surface area (Å²) in [6.45, 7) is 5.38. The summed E-state index contributed by atoms with van der Waals surface area (Å²) in [6.07, 6.45) is 3.42. The predicted molar refractivity (Wildman–Crippen MR) is 79.9 cm³/mol. The molecule has 1 atom stereocenters. The molecule has 18 heavy (non-hydrogen) atoms. The highest BCUT2D eigenvalue weighted by Gasteiger charge is 2.13. The number of benzene rings is 1. The number of nitrogens with two attached hydrogens (primary N) is 1. The quantitative estimate of drug-likeness (QED) is 0.858. The maximum absolute atomic E-state index is 5.68. The normalized spacial score (nSPS) is 13.3. The van der Waals surface area contributed by atoms with Crippen molar-refractivity contribution in [1.82, 2.24) is 4.98 Å². The Bertz CT molecular complexity index is 457. The average molecular weight is 262 g/mol. The van der Waals surface area contributed by atoms with Crippen LogP contribution in [0.25, 0.3) is 10.2 Å². The number of hydrogen-bond donors (Lipinski definition) is 1. The molecule has 0 saturated heterocycles. The maximum atomic E-state index is 5.68. The van der Waals surface area contributed by atoms with Crippen molar-refractivity contribution in [3.8, 4) is 0 Å². The number of fused-ring (bicyclic) bond motifs is 1. The summed E-state index contributed by atoms with van der Waals surface area (Å²) in [7, 11) is 0. The van der Waals surface area contributed by atoms with Crippen LogP contribution in [0, 0.1) is 11.8 Å². The minimum atomic E-state index is 0.711. The molecule has 2 nitrogen and oxygen atoms in total. The zero-order chi connectivity index (χ0) is 13.0.